The van der Waals surface area contributed by atoms with E-state index < -0.39 is 0 Å². The summed E-state index contributed by atoms with van der Waals surface area (Å²) in [6.07, 6.45) is 5.24. The second-order valence-corrected chi connectivity index (χ2v) is 5.25. The van der Waals surface area contributed by atoms with Gasteiger partial charge in [0.15, 0.2) is 0 Å². The van der Waals surface area contributed by atoms with Gasteiger partial charge in [0.1, 0.15) is 6.61 Å². The van der Waals surface area contributed by atoms with Gasteiger partial charge in [0.05, 0.1) is 13.2 Å². The summed E-state index contributed by atoms with van der Waals surface area (Å²) >= 11 is 0. The maximum atomic E-state index is 11.1. The van der Waals surface area contributed by atoms with Crippen LogP contribution in [0, 0.1) is 5.92 Å². The molecular formula is C14H27NO3. The van der Waals surface area contributed by atoms with Gasteiger partial charge in [0.25, 0.3) is 0 Å². The summed E-state index contributed by atoms with van der Waals surface area (Å²) in [6, 6.07) is 0.687. The van der Waals surface area contributed by atoms with Crippen LogP contribution in [0.4, 0.5) is 0 Å². The van der Waals surface area contributed by atoms with Crippen LogP contribution in [0.3, 0.4) is 0 Å². The highest BCUT2D eigenvalue weighted by Crippen LogP contribution is 2.26. The van der Waals surface area contributed by atoms with Gasteiger partial charge in [0, 0.05) is 12.6 Å². The van der Waals surface area contributed by atoms with Crippen LogP contribution in [0.5, 0.6) is 0 Å². The summed E-state index contributed by atoms with van der Waals surface area (Å²) in [5.74, 6) is 0.612. The van der Waals surface area contributed by atoms with Gasteiger partial charge >= 0.3 is 5.97 Å². The Labute approximate surface area is 111 Å². The monoisotopic (exact) mass is 257 g/mol. The molecule has 0 aliphatic heterocycles. The highest BCUT2D eigenvalue weighted by atomic mass is 16.6. The fraction of sp³-hybridized carbons (Fsp3) is 0.929. The lowest BCUT2D eigenvalue weighted by molar-refractivity contribution is -0.148. The van der Waals surface area contributed by atoms with Gasteiger partial charge in [-0.2, -0.15) is 0 Å². The van der Waals surface area contributed by atoms with E-state index in [1.807, 2.05) is 0 Å². The minimum atomic E-state index is -0.272. The van der Waals surface area contributed by atoms with E-state index in [2.05, 4.69) is 18.9 Å². The third-order valence-electron chi connectivity index (χ3n) is 3.72. The summed E-state index contributed by atoms with van der Waals surface area (Å²) in [5, 5.41) is 0. The SMILES string of the molecule is CCOC(=O)COCCN(C)C1CCC(C)CC1. The van der Waals surface area contributed by atoms with Crippen LogP contribution in [-0.2, 0) is 14.3 Å². The van der Waals surface area contributed by atoms with Crippen molar-refractivity contribution in [1.82, 2.24) is 4.90 Å². The maximum Gasteiger partial charge on any atom is 0.332 e. The standard InChI is InChI=1S/C14H27NO3/c1-4-18-14(16)11-17-10-9-15(3)13-7-5-12(2)6-8-13/h12-13H,4-11H2,1-3H3. The third-order valence-corrected chi connectivity index (χ3v) is 3.72. The molecule has 1 rings (SSSR count). The molecule has 0 amide bonds. The molecule has 0 bridgehead atoms. The van der Waals surface area contributed by atoms with Gasteiger partial charge < -0.3 is 14.4 Å². The molecule has 1 aliphatic carbocycles. The van der Waals surface area contributed by atoms with Gasteiger partial charge in [-0.15, -0.1) is 0 Å². The first-order chi connectivity index (χ1) is 8.63. The van der Waals surface area contributed by atoms with Gasteiger partial charge in [-0.25, -0.2) is 4.79 Å². The molecule has 4 heteroatoms. The summed E-state index contributed by atoms with van der Waals surface area (Å²) in [4.78, 5) is 13.4. The number of likely N-dealkylation sites (N-methyl/N-ethyl adjacent to an activating group) is 1. The Hall–Kier alpha value is -0.610. The zero-order valence-corrected chi connectivity index (χ0v) is 12.0. The number of ether oxygens (including phenoxy) is 2. The van der Waals surface area contributed by atoms with E-state index in [0.29, 0.717) is 19.3 Å². The van der Waals surface area contributed by atoms with Crippen molar-refractivity contribution in [3.8, 4) is 0 Å². The summed E-state index contributed by atoms with van der Waals surface area (Å²) < 4.78 is 10.1. The molecule has 0 saturated heterocycles. The van der Waals surface area contributed by atoms with Crippen LogP contribution in [0.2, 0.25) is 0 Å². The largest absolute Gasteiger partial charge is 0.464 e. The normalized spacial score (nSPS) is 24.2. The second kappa shape index (κ2) is 8.48. The van der Waals surface area contributed by atoms with Crippen molar-refractivity contribution in [3.63, 3.8) is 0 Å². The molecule has 0 radical (unpaired) electrons. The van der Waals surface area contributed by atoms with Gasteiger partial charge in [0.2, 0.25) is 0 Å². The predicted molar refractivity (Wildman–Crippen MR) is 71.5 cm³/mol. The molecule has 0 N–H and O–H groups in total. The lowest BCUT2D eigenvalue weighted by Crippen LogP contribution is -2.37. The highest BCUT2D eigenvalue weighted by Gasteiger charge is 2.21. The van der Waals surface area contributed by atoms with Crippen molar-refractivity contribution in [2.24, 2.45) is 5.92 Å². The molecule has 1 aliphatic rings. The molecular weight excluding hydrogens is 230 g/mol. The lowest BCUT2D eigenvalue weighted by atomic mass is 9.87. The Bertz CT molecular complexity index is 237. The molecule has 0 aromatic carbocycles. The molecule has 1 fully saturated rings. The first-order valence-electron chi connectivity index (χ1n) is 7.07. The molecule has 0 atom stereocenters. The van der Waals surface area contributed by atoms with E-state index >= 15 is 0 Å². The number of hydrogen-bond acceptors (Lipinski definition) is 4. The first kappa shape index (κ1) is 15.4. The number of hydrogen-bond donors (Lipinski definition) is 0. The molecule has 0 unspecified atom stereocenters. The summed E-state index contributed by atoms with van der Waals surface area (Å²) in [5.41, 5.74) is 0. The summed E-state index contributed by atoms with van der Waals surface area (Å²) in [6.45, 7) is 6.11. The number of esters is 1. The lowest BCUT2D eigenvalue weighted by Gasteiger charge is -2.33. The Kier molecular flexibility index (Phi) is 7.28. The van der Waals surface area contributed by atoms with E-state index in [-0.39, 0.29) is 12.6 Å². The first-order valence-corrected chi connectivity index (χ1v) is 7.07. The minimum absolute atomic E-state index is 0.0728. The van der Waals surface area contributed by atoms with Crippen molar-refractivity contribution in [1.29, 1.82) is 0 Å². The van der Waals surface area contributed by atoms with E-state index in [9.17, 15) is 4.79 Å². The molecule has 106 valence electrons. The van der Waals surface area contributed by atoms with Crippen molar-refractivity contribution >= 4 is 5.97 Å². The fourth-order valence-electron chi connectivity index (χ4n) is 2.43. The number of carbonyl (C=O) groups excluding carboxylic acids is 1. The highest BCUT2D eigenvalue weighted by molar-refractivity contribution is 5.70. The Morgan fingerprint density at radius 2 is 1.94 bits per heavy atom. The maximum absolute atomic E-state index is 11.1. The quantitative estimate of drug-likeness (QED) is 0.517. The summed E-state index contributed by atoms with van der Waals surface area (Å²) in [7, 11) is 2.15. The van der Waals surface area contributed by atoms with E-state index in [4.69, 9.17) is 9.47 Å². The van der Waals surface area contributed by atoms with Crippen LogP contribution in [0.25, 0.3) is 0 Å². The van der Waals surface area contributed by atoms with E-state index in [1.54, 1.807) is 6.92 Å². The fourth-order valence-corrected chi connectivity index (χ4v) is 2.43. The zero-order chi connectivity index (χ0) is 13.4. The number of nitrogens with zero attached hydrogens (tertiary/aromatic N) is 1. The van der Waals surface area contributed by atoms with Crippen LogP contribution in [0.1, 0.15) is 39.5 Å². The molecule has 18 heavy (non-hydrogen) atoms. The van der Waals surface area contributed by atoms with Gasteiger partial charge in [-0.3, -0.25) is 0 Å². The minimum Gasteiger partial charge on any atom is -0.464 e. The third kappa shape index (κ3) is 5.83. The van der Waals surface area contributed by atoms with E-state index in [1.165, 1.54) is 25.7 Å². The Morgan fingerprint density at radius 1 is 1.28 bits per heavy atom. The second-order valence-electron chi connectivity index (χ2n) is 5.25. The van der Waals surface area contributed by atoms with Crippen LogP contribution in [0.15, 0.2) is 0 Å². The number of rotatable bonds is 7. The molecule has 0 aromatic rings. The van der Waals surface area contributed by atoms with Crippen molar-refractivity contribution in [3.05, 3.63) is 0 Å². The average molecular weight is 257 g/mol. The van der Waals surface area contributed by atoms with Crippen molar-refractivity contribution in [2.45, 2.75) is 45.6 Å². The van der Waals surface area contributed by atoms with Crippen LogP contribution < -0.4 is 0 Å². The van der Waals surface area contributed by atoms with Crippen molar-refractivity contribution < 1.29 is 14.3 Å². The molecule has 0 spiro atoms. The van der Waals surface area contributed by atoms with Crippen LogP contribution >= 0.6 is 0 Å². The average Bonchev–Trinajstić information content (AvgIpc) is 2.35. The van der Waals surface area contributed by atoms with Crippen LogP contribution in [-0.4, -0.2) is 50.3 Å². The van der Waals surface area contributed by atoms with Crippen molar-refractivity contribution in [2.75, 3.05) is 33.4 Å². The Morgan fingerprint density at radius 3 is 2.56 bits per heavy atom. The molecule has 0 aromatic heterocycles. The Balaban J connectivity index is 2.06. The smallest absolute Gasteiger partial charge is 0.332 e. The van der Waals surface area contributed by atoms with E-state index in [0.717, 1.165) is 12.5 Å². The zero-order valence-electron chi connectivity index (χ0n) is 12.0. The van der Waals surface area contributed by atoms with Gasteiger partial charge in [-0.1, -0.05) is 6.92 Å². The van der Waals surface area contributed by atoms with Gasteiger partial charge in [-0.05, 0) is 45.6 Å². The molecule has 1 saturated carbocycles. The number of carbonyl (C=O) groups is 1. The molecule has 0 heterocycles. The topological polar surface area (TPSA) is 38.8 Å². The molecule has 4 nitrogen and oxygen atoms in total. The predicted octanol–water partition coefficient (Wildman–Crippen LogP) is 2.08.